The first-order valence-corrected chi connectivity index (χ1v) is 6.31. The van der Waals surface area contributed by atoms with Crippen LogP contribution in [0.1, 0.15) is 19.8 Å². The van der Waals surface area contributed by atoms with Crippen molar-refractivity contribution in [3.63, 3.8) is 0 Å². The van der Waals surface area contributed by atoms with E-state index in [2.05, 4.69) is 0 Å². The maximum Gasteiger partial charge on any atom is 0.139 e. The van der Waals surface area contributed by atoms with Crippen molar-refractivity contribution in [3.05, 3.63) is 30.1 Å². The highest BCUT2D eigenvalue weighted by Crippen LogP contribution is 2.12. The molecule has 0 aliphatic heterocycles. The molecule has 0 aromatic heterocycles. The van der Waals surface area contributed by atoms with Gasteiger partial charge in [0.05, 0.1) is 15.7 Å². The van der Waals surface area contributed by atoms with Crippen LogP contribution in [0.2, 0.25) is 0 Å². The van der Waals surface area contributed by atoms with Crippen LogP contribution in [0, 0.1) is 5.82 Å². The minimum atomic E-state index is -1.24. The third-order valence-electron chi connectivity index (χ3n) is 2.07. The van der Waals surface area contributed by atoms with Gasteiger partial charge in [-0.05, 0) is 31.9 Å². The van der Waals surface area contributed by atoms with Crippen LogP contribution in [0.3, 0.4) is 0 Å². The molecule has 0 spiro atoms. The maximum absolute atomic E-state index is 13.2. The van der Waals surface area contributed by atoms with Crippen molar-refractivity contribution in [1.82, 2.24) is 0 Å². The molecule has 0 aliphatic carbocycles. The van der Waals surface area contributed by atoms with E-state index in [1.165, 1.54) is 6.07 Å². The number of benzene rings is 1. The molecule has 0 amide bonds. The van der Waals surface area contributed by atoms with Gasteiger partial charge < -0.3 is 5.73 Å². The molecule has 0 heterocycles. The number of hydrogen-bond donors (Lipinski definition) is 1. The van der Waals surface area contributed by atoms with E-state index in [1.54, 1.807) is 18.2 Å². The SMILES string of the molecule is CC(N)CCCS(=O)c1ccccc1F. The van der Waals surface area contributed by atoms with Gasteiger partial charge in [-0.1, -0.05) is 12.1 Å². The molecule has 0 saturated carbocycles. The number of halogens is 1. The van der Waals surface area contributed by atoms with Gasteiger partial charge in [-0.3, -0.25) is 4.21 Å². The van der Waals surface area contributed by atoms with Gasteiger partial charge in [0.15, 0.2) is 0 Å². The standard InChI is InChI=1S/C11H16FNOS/c1-9(13)5-4-8-15(14)11-7-3-2-6-10(11)12/h2-3,6-7,9H,4-5,8,13H2,1H3. The lowest BCUT2D eigenvalue weighted by Gasteiger charge is -2.05. The van der Waals surface area contributed by atoms with Crippen LogP contribution in [-0.2, 0) is 10.8 Å². The lowest BCUT2D eigenvalue weighted by atomic mass is 10.2. The van der Waals surface area contributed by atoms with Crippen molar-refractivity contribution in [2.75, 3.05) is 5.75 Å². The summed E-state index contributed by atoms with van der Waals surface area (Å²) in [4.78, 5) is 0.294. The quantitative estimate of drug-likeness (QED) is 0.839. The predicted molar refractivity (Wildman–Crippen MR) is 60.6 cm³/mol. The van der Waals surface area contributed by atoms with Crippen LogP contribution in [0.4, 0.5) is 4.39 Å². The molecule has 1 rings (SSSR count). The number of nitrogens with two attached hydrogens (primary N) is 1. The molecule has 2 nitrogen and oxygen atoms in total. The van der Waals surface area contributed by atoms with Crippen LogP contribution in [-0.4, -0.2) is 16.0 Å². The Morgan fingerprint density at radius 2 is 2.13 bits per heavy atom. The molecule has 0 radical (unpaired) electrons. The monoisotopic (exact) mass is 229 g/mol. The molecule has 1 aromatic rings. The van der Waals surface area contributed by atoms with Crippen LogP contribution >= 0.6 is 0 Å². The largest absolute Gasteiger partial charge is 0.328 e. The van der Waals surface area contributed by atoms with Gasteiger partial charge in [0.25, 0.3) is 0 Å². The minimum Gasteiger partial charge on any atom is -0.328 e. The summed E-state index contributed by atoms with van der Waals surface area (Å²) in [6.07, 6.45) is 1.58. The first-order valence-electron chi connectivity index (χ1n) is 4.99. The van der Waals surface area contributed by atoms with Crippen molar-refractivity contribution in [3.8, 4) is 0 Å². The molecule has 2 N–H and O–H groups in total. The summed E-state index contributed by atoms with van der Waals surface area (Å²) in [5.74, 6) is 0.0827. The molecule has 0 bridgehead atoms. The number of hydrogen-bond acceptors (Lipinski definition) is 2. The maximum atomic E-state index is 13.2. The first kappa shape index (κ1) is 12.3. The van der Waals surface area contributed by atoms with E-state index in [0.29, 0.717) is 10.6 Å². The highest BCUT2D eigenvalue weighted by Gasteiger charge is 2.08. The van der Waals surface area contributed by atoms with Crippen LogP contribution in [0.25, 0.3) is 0 Å². The second-order valence-electron chi connectivity index (χ2n) is 3.60. The third kappa shape index (κ3) is 4.10. The van der Waals surface area contributed by atoms with Crippen molar-refractivity contribution in [2.24, 2.45) is 5.73 Å². The average molecular weight is 229 g/mol. The van der Waals surface area contributed by atoms with Gasteiger partial charge in [0, 0.05) is 11.8 Å². The van der Waals surface area contributed by atoms with Crippen molar-refractivity contribution in [2.45, 2.75) is 30.7 Å². The van der Waals surface area contributed by atoms with Gasteiger partial charge in [0.1, 0.15) is 5.82 Å². The summed E-state index contributed by atoms with van der Waals surface area (Å²) in [5.41, 5.74) is 5.57. The van der Waals surface area contributed by atoms with Crippen molar-refractivity contribution < 1.29 is 8.60 Å². The van der Waals surface area contributed by atoms with E-state index in [9.17, 15) is 8.60 Å². The second-order valence-corrected chi connectivity index (χ2v) is 5.14. The van der Waals surface area contributed by atoms with E-state index in [0.717, 1.165) is 12.8 Å². The molecular weight excluding hydrogens is 213 g/mol. The summed E-state index contributed by atoms with van der Waals surface area (Å²) >= 11 is 0. The second kappa shape index (κ2) is 5.98. The topological polar surface area (TPSA) is 43.1 Å². The summed E-state index contributed by atoms with van der Waals surface area (Å²) < 4.78 is 24.9. The molecule has 84 valence electrons. The lowest BCUT2D eigenvalue weighted by molar-refractivity contribution is 0.593. The van der Waals surface area contributed by atoms with Crippen molar-refractivity contribution in [1.29, 1.82) is 0 Å². The normalized spacial score (nSPS) is 14.9. The molecule has 1 aromatic carbocycles. The molecule has 0 aliphatic rings. The van der Waals surface area contributed by atoms with Gasteiger partial charge in [-0.15, -0.1) is 0 Å². The summed E-state index contributed by atoms with van der Waals surface area (Å²) in [6.45, 7) is 1.91. The molecule has 0 saturated heterocycles. The minimum absolute atomic E-state index is 0.114. The Bertz CT molecular complexity index is 341. The smallest absolute Gasteiger partial charge is 0.139 e. The van der Waals surface area contributed by atoms with Crippen molar-refractivity contribution >= 4 is 10.8 Å². The van der Waals surface area contributed by atoms with E-state index in [1.807, 2.05) is 6.92 Å². The fourth-order valence-corrected chi connectivity index (χ4v) is 2.44. The van der Waals surface area contributed by atoms with E-state index in [-0.39, 0.29) is 6.04 Å². The zero-order chi connectivity index (χ0) is 11.3. The van der Waals surface area contributed by atoms with Gasteiger partial charge >= 0.3 is 0 Å². The van der Waals surface area contributed by atoms with E-state index < -0.39 is 16.6 Å². The Morgan fingerprint density at radius 3 is 2.73 bits per heavy atom. The Labute approximate surface area is 92.1 Å². The lowest BCUT2D eigenvalue weighted by Crippen LogP contribution is -2.15. The summed E-state index contributed by atoms with van der Waals surface area (Å²) in [6, 6.07) is 6.30. The average Bonchev–Trinajstić information content (AvgIpc) is 2.17. The zero-order valence-corrected chi connectivity index (χ0v) is 9.60. The Balaban J connectivity index is 2.51. The summed E-state index contributed by atoms with van der Waals surface area (Å²) in [7, 11) is -1.24. The molecule has 0 fully saturated rings. The predicted octanol–water partition coefficient (Wildman–Crippen LogP) is 2.06. The fraction of sp³-hybridized carbons (Fsp3) is 0.455. The number of rotatable bonds is 5. The van der Waals surface area contributed by atoms with E-state index >= 15 is 0 Å². The first-order chi connectivity index (χ1) is 7.11. The Morgan fingerprint density at radius 1 is 1.47 bits per heavy atom. The Hall–Kier alpha value is -0.740. The highest BCUT2D eigenvalue weighted by atomic mass is 32.2. The van der Waals surface area contributed by atoms with Crippen LogP contribution in [0.5, 0.6) is 0 Å². The van der Waals surface area contributed by atoms with Gasteiger partial charge in [-0.2, -0.15) is 0 Å². The van der Waals surface area contributed by atoms with Gasteiger partial charge in [0.2, 0.25) is 0 Å². The van der Waals surface area contributed by atoms with Gasteiger partial charge in [-0.25, -0.2) is 4.39 Å². The zero-order valence-electron chi connectivity index (χ0n) is 8.78. The Kier molecular flexibility index (Phi) is 4.91. The fourth-order valence-electron chi connectivity index (χ4n) is 1.28. The molecule has 2 unspecified atom stereocenters. The summed E-state index contributed by atoms with van der Waals surface area (Å²) in [5, 5.41) is 0. The van der Waals surface area contributed by atoms with Crippen LogP contribution < -0.4 is 5.73 Å². The van der Waals surface area contributed by atoms with Crippen LogP contribution in [0.15, 0.2) is 29.2 Å². The molecule has 15 heavy (non-hydrogen) atoms. The molecule has 4 heteroatoms. The molecular formula is C11H16FNOS. The van der Waals surface area contributed by atoms with E-state index in [4.69, 9.17) is 5.73 Å². The highest BCUT2D eigenvalue weighted by molar-refractivity contribution is 7.85. The molecule has 2 atom stereocenters. The third-order valence-corrected chi connectivity index (χ3v) is 3.55.